The summed E-state index contributed by atoms with van der Waals surface area (Å²) in [6.45, 7) is 25.5. The fourth-order valence-corrected chi connectivity index (χ4v) is 3.45. The Bertz CT molecular complexity index is 986. The van der Waals surface area contributed by atoms with E-state index >= 15 is 0 Å². The van der Waals surface area contributed by atoms with Gasteiger partial charge in [0.2, 0.25) is 0 Å². The molecule has 1 aliphatic rings. The number of hydrogen-bond donors (Lipinski definition) is 0. The molecule has 2 rings (SSSR count). The van der Waals surface area contributed by atoms with Crippen molar-refractivity contribution in [3.63, 3.8) is 0 Å². The second-order valence-corrected chi connectivity index (χ2v) is 15.4. The van der Waals surface area contributed by atoms with Gasteiger partial charge in [-0.25, -0.2) is 9.59 Å². The summed E-state index contributed by atoms with van der Waals surface area (Å²) in [7, 11) is 19.6. The van der Waals surface area contributed by atoms with E-state index in [1.807, 2.05) is 24.3 Å². The first-order valence-electron chi connectivity index (χ1n) is 17.7. The Labute approximate surface area is 348 Å². The number of benzene rings is 1. The molecule has 19 heteroatoms. The minimum Gasteiger partial charge on any atom is -0.494 e. The molecule has 0 bridgehead atoms. The first kappa shape index (κ1) is 61.3. The lowest BCUT2D eigenvalue weighted by atomic mass is 8.81. The van der Waals surface area contributed by atoms with Crippen molar-refractivity contribution in [2.75, 3.05) is 18.4 Å². The van der Waals surface area contributed by atoms with Gasteiger partial charge in [-0.15, -0.1) is 35.6 Å². The molecule has 0 unspecified atom stereocenters. The van der Waals surface area contributed by atoms with Gasteiger partial charge in [-0.3, -0.25) is 0 Å². The monoisotopic (exact) mass is 791 g/mol. The lowest BCUT2D eigenvalue weighted by Gasteiger charge is -2.32. The van der Waals surface area contributed by atoms with Crippen LogP contribution in [0.5, 0.6) is 5.75 Å². The van der Waals surface area contributed by atoms with E-state index in [4.69, 9.17) is 77.7 Å². The molecule has 1 aromatic rings. The zero-order valence-electron chi connectivity index (χ0n) is 34.7. The molecule has 11 radical (unpaired) electrons. The Morgan fingerprint density at radius 2 is 1.06 bits per heavy atom. The molecule has 0 spiro atoms. The number of ether oxygens (including phenoxy) is 4. The van der Waals surface area contributed by atoms with E-state index in [2.05, 4.69) is 53.2 Å². The highest BCUT2D eigenvalue weighted by atomic mass is 35.5. The van der Waals surface area contributed by atoms with Gasteiger partial charge < -0.3 is 28.3 Å². The molecule has 0 aromatic heterocycles. The molecule has 0 amide bonds. The third-order valence-electron chi connectivity index (χ3n) is 6.54. The maximum absolute atomic E-state index is 11.0. The van der Waals surface area contributed by atoms with Gasteiger partial charge in [0.1, 0.15) is 17.0 Å². The van der Waals surface area contributed by atoms with Crippen LogP contribution in [0.1, 0.15) is 129 Å². The zero-order valence-corrected chi connectivity index (χ0v) is 37.1. The van der Waals surface area contributed by atoms with Gasteiger partial charge in [-0.2, -0.15) is 0 Å². The molecular weight excluding hydrogens is 729 g/mol. The number of hydrogen-bond acceptors (Lipinski definition) is 8. The van der Waals surface area contributed by atoms with E-state index in [-0.39, 0.29) is 39.1 Å². The standard InChI is InChI=1S/C16H25BO3.C10H18O5.2C4H9Cl.B6.B.ClH/c1-6-7-12-18-14-10-8-13(9-11-14)17-19-15(2,3)16(4,5)20-17;1-9(2,3)14-7(11)13-8(12)15-10(4,5)6;2*1-2-3-4-5;1-5(2)6(3)4;;/h8-11H,6-7,12H2,1-5H3;1-6H3;2*2-4H2,1H3;;;1H. The molecule has 1 aliphatic heterocycles. The van der Waals surface area contributed by atoms with Gasteiger partial charge in [-0.05, 0) is 106 Å². The molecule has 291 valence electrons. The minimum atomic E-state index is -1.06. The van der Waals surface area contributed by atoms with Crippen LogP contribution in [0.25, 0.3) is 0 Å². The Kier molecular flexibility index (Phi) is 37.2. The SMILES string of the molecule is CC(C)(C)OC(=O)OC(=O)OC(C)(C)C.CCCCCl.CCCCCl.CCCCOc1ccc(B2OC(C)(C)C(C)(C)O2)cc1.Cl.[B].[B]B([B])B([B])[B]. The molecular formula is C34H62B8Cl3O8. The van der Waals surface area contributed by atoms with Gasteiger partial charge in [-0.1, -0.05) is 52.2 Å². The average molecular weight is 792 g/mol. The number of carbonyl (C=O) groups is 2. The van der Waals surface area contributed by atoms with Gasteiger partial charge in [0.05, 0.1) is 17.8 Å². The summed E-state index contributed by atoms with van der Waals surface area (Å²) in [6.07, 6.45) is 3.66. The fourth-order valence-electron chi connectivity index (χ4n) is 2.91. The summed E-state index contributed by atoms with van der Waals surface area (Å²) in [6, 6.07) is 8.00. The first-order valence-corrected chi connectivity index (χ1v) is 18.8. The van der Waals surface area contributed by atoms with Gasteiger partial charge in [0.25, 0.3) is 0 Å². The van der Waals surface area contributed by atoms with Crippen LogP contribution in [-0.2, 0) is 23.5 Å². The molecule has 1 saturated heterocycles. The fraction of sp³-hybridized carbons (Fsp3) is 0.765. The Balaban J connectivity index is -0.000000204. The Morgan fingerprint density at radius 3 is 1.30 bits per heavy atom. The van der Waals surface area contributed by atoms with E-state index in [1.54, 1.807) is 41.5 Å². The minimum absolute atomic E-state index is 0. The molecule has 1 fully saturated rings. The van der Waals surface area contributed by atoms with Crippen LogP contribution >= 0.6 is 35.6 Å². The van der Waals surface area contributed by atoms with Gasteiger partial charge in [0, 0.05) is 63.9 Å². The van der Waals surface area contributed by atoms with Crippen molar-refractivity contribution in [2.45, 2.75) is 151 Å². The van der Waals surface area contributed by atoms with E-state index in [9.17, 15) is 9.59 Å². The lowest BCUT2D eigenvalue weighted by Crippen LogP contribution is -2.41. The summed E-state index contributed by atoms with van der Waals surface area (Å²) in [4.78, 5) is 22.0. The van der Waals surface area contributed by atoms with Crippen LogP contribution in [0.4, 0.5) is 9.59 Å². The van der Waals surface area contributed by atoms with Crippen molar-refractivity contribution in [2.24, 2.45) is 0 Å². The van der Waals surface area contributed by atoms with Gasteiger partial charge >= 0.3 is 19.4 Å². The molecule has 0 saturated carbocycles. The number of rotatable bonds is 10. The predicted octanol–water partition coefficient (Wildman–Crippen LogP) is 7.84. The van der Waals surface area contributed by atoms with Crippen LogP contribution in [0, 0.1) is 0 Å². The van der Waals surface area contributed by atoms with E-state index < -0.39 is 36.3 Å². The second-order valence-electron chi connectivity index (χ2n) is 14.6. The van der Waals surface area contributed by atoms with Crippen molar-refractivity contribution in [1.29, 1.82) is 0 Å². The van der Waals surface area contributed by atoms with E-state index in [0.29, 0.717) is 0 Å². The van der Waals surface area contributed by atoms with Gasteiger partial charge in [0.15, 0.2) is 0 Å². The zero-order chi connectivity index (χ0) is 40.5. The molecule has 53 heavy (non-hydrogen) atoms. The molecule has 1 aromatic carbocycles. The normalized spacial score (nSPS) is 13.4. The maximum Gasteiger partial charge on any atom is 0.519 e. The van der Waals surface area contributed by atoms with Crippen molar-refractivity contribution in [3.05, 3.63) is 24.3 Å². The topological polar surface area (TPSA) is 89.5 Å². The van der Waals surface area contributed by atoms with Crippen LogP contribution in [0.15, 0.2) is 24.3 Å². The Hall–Kier alpha value is -0.931. The van der Waals surface area contributed by atoms with E-state index in [1.165, 1.54) is 12.8 Å². The summed E-state index contributed by atoms with van der Waals surface area (Å²) in [5.41, 5.74) is -0.952. The highest BCUT2D eigenvalue weighted by molar-refractivity contribution is 7.76. The van der Waals surface area contributed by atoms with Crippen molar-refractivity contribution < 1.29 is 37.8 Å². The summed E-state index contributed by atoms with van der Waals surface area (Å²) in [5, 5.41) is 0. The quantitative estimate of drug-likeness (QED) is 0.0779. The molecule has 0 N–H and O–H groups in total. The third kappa shape index (κ3) is 35.2. The number of alkyl halides is 2. The van der Waals surface area contributed by atoms with Crippen molar-refractivity contribution in [3.8, 4) is 5.75 Å². The van der Waals surface area contributed by atoms with Crippen molar-refractivity contribution >= 4 is 113 Å². The summed E-state index contributed by atoms with van der Waals surface area (Å²) in [5.74, 6) is 2.53. The molecule has 0 atom stereocenters. The summed E-state index contributed by atoms with van der Waals surface area (Å²) >= 11 is 10.6. The summed E-state index contributed by atoms with van der Waals surface area (Å²) < 4.78 is 31.5. The molecule has 1 heterocycles. The van der Waals surface area contributed by atoms with Crippen LogP contribution in [0.3, 0.4) is 0 Å². The highest BCUT2D eigenvalue weighted by Crippen LogP contribution is 2.36. The second kappa shape index (κ2) is 32.2. The Morgan fingerprint density at radius 1 is 0.717 bits per heavy atom. The number of unbranched alkanes of at least 4 members (excludes halogenated alkanes) is 3. The van der Waals surface area contributed by atoms with Crippen LogP contribution in [0.2, 0.25) is 0 Å². The predicted molar refractivity (Wildman–Crippen MR) is 235 cm³/mol. The molecule has 8 nitrogen and oxygen atoms in total. The largest absolute Gasteiger partial charge is 0.519 e. The molecule has 0 aliphatic carbocycles. The number of carbonyl (C=O) groups excluding carboxylic acids is 2. The lowest BCUT2D eigenvalue weighted by molar-refractivity contribution is -0.0293. The van der Waals surface area contributed by atoms with Crippen LogP contribution in [-0.4, -0.2) is 112 Å². The third-order valence-corrected chi connectivity index (χ3v) is 7.07. The maximum atomic E-state index is 11.0. The first-order chi connectivity index (χ1) is 23.3. The average Bonchev–Trinajstić information content (AvgIpc) is 3.20. The van der Waals surface area contributed by atoms with Crippen LogP contribution < -0.4 is 10.2 Å². The smallest absolute Gasteiger partial charge is 0.494 e. The van der Waals surface area contributed by atoms with Crippen molar-refractivity contribution in [1.82, 2.24) is 0 Å². The highest BCUT2D eigenvalue weighted by Gasteiger charge is 2.51. The number of halogens is 3. The van der Waals surface area contributed by atoms with E-state index in [0.717, 1.165) is 55.3 Å².